The highest BCUT2D eigenvalue weighted by molar-refractivity contribution is 6.00. The second-order valence-electron chi connectivity index (χ2n) is 39.4. The fraction of sp³-hybridized carbons (Fsp3) is 0.819. The summed E-state index contributed by atoms with van der Waals surface area (Å²) in [5.74, 6) is -7.88. The van der Waals surface area contributed by atoms with E-state index in [0.717, 1.165) is 0 Å². The molecule has 0 aromatic heterocycles. The predicted molar refractivity (Wildman–Crippen MR) is 526 cm³/mol. The Morgan fingerprint density at radius 3 is 0.632 bits per heavy atom. The molecule has 0 unspecified atom stereocenters. The fourth-order valence-electron chi connectivity index (χ4n) is 15.2. The van der Waals surface area contributed by atoms with Gasteiger partial charge in [-0.3, -0.25) is 86.9 Å². The lowest BCUT2D eigenvalue weighted by Gasteiger charge is -2.29. The minimum Gasteiger partial charge on any atom is -0.355 e. The zero-order valence-electron chi connectivity index (χ0n) is 84.8. The van der Waals surface area contributed by atoms with Crippen LogP contribution in [-0.2, 0) is 81.5 Å². The second-order valence-corrected chi connectivity index (χ2v) is 39.4. The molecular weight excluding hydrogens is 1750 g/mol. The van der Waals surface area contributed by atoms with E-state index in [4.69, 9.17) is 46.0 Å². The van der Waals surface area contributed by atoms with Gasteiger partial charge in [0.25, 0.3) is 0 Å². The van der Waals surface area contributed by atoms with Crippen molar-refractivity contribution in [2.45, 2.75) is 388 Å². The molecule has 42 nitrogen and oxygen atoms in total. The molecule has 0 aromatic rings. The number of hydrogen-bond acceptors (Lipinski definition) is 25. The highest BCUT2D eigenvalue weighted by atomic mass is 16.2. The number of hydrazine groups is 1. The highest BCUT2D eigenvalue weighted by Crippen LogP contribution is 2.19. The summed E-state index contributed by atoms with van der Waals surface area (Å²) >= 11 is 0. The summed E-state index contributed by atoms with van der Waals surface area (Å²) in [6, 6.07) is -17.0. The highest BCUT2D eigenvalue weighted by Gasteiger charge is 2.39. The summed E-state index contributed by atoms with van der Waals surface area (Å²) in [5, 5.41) is 44.2. The van der Waals surface area contributed by atoms with Crippen LogP contribution in [0, 0.1) is 47.3 Å². The number of hydrogen-bond donors (Lipinski definition) is 25. The van der Waals surface area contributed by atoms with Gasteiger partial charge in [-0.1, -0.05) is 117 Å². The lowest BCUT2D eigenvalue weighted by Crippen LogP contribution is -2.60. The third kappa shape index (κ3) is 57.8. The average molecular weight is 1930 g/mol. The van der Waals surface area contributed by atoms with E-state index in [1.165, 1.54) is 0 Å². The first-order chi connectivity index (χ1) is 64.2. The van der Waals surface area contributed by atoms with E-state index < -0.39 is 192 Å². The molecule has 17 amide bonds. The summed E-state index contributed by atoms with van der Waals surface area (Å²) in [5.41, 5.74) is 43.4. The molecule has 0 bridgehead atoms. The fourth-order valence-corrected chi connectivity index (χ4v) is 15.2. The van der Waals surface area contributed by atoms with Crippen molar-refractivity contribution in [1.29, 1.82) is 0 Å². The van der Waals surface area contributed by atoms with E-state index in [1.807, 2.05) is 96.9 Å². The SMILES string of the molecule is CC(C)C[C@H](NC(=O)[C@H](CC(C)C)NC(=O)[C@H](CCCCN)NC(=O)[C@H](CC(C)C)NC(=O)[C@H](CC(C)C)NC(=O)[C@H](CCCCN)NC(=O)[C@H](CCCCN)NC(=O)[C@@H](N)CC(C)C)C(=O)NCC(=O)N[C@@H](CCCCN)C(=O)N[C@@H](CC(C)C)C(=O)N[C@@H](CC(C)C)C(=O)N[C@@H](CCCCN)C(=O)N[C@@H](CC(C)C)C(=O)N[C@@H](CCCCN)C(=O)NCC(=O)NCCCCCC(=O)NN. The van der Waals surface area contributed by atoms with Crippen LogP contribution in [0.3, 0.4) is 0 Å². The van der Waals surface area contributed by atoms with Crippen molar-refractivity contribution in [3.8, 4) is 0 Å². The Morgan fingerprint density at radius 1 is 0.199 bits per heavy atom. The molecule has 0 rings (SSSR count). The zero-order valence-corrected chi connectivity index (χ0v) is 84.8. The summed E-state index contributed by atoms with van der Waals surface area (Å²) in [6.07, 6.45) is 8.75. The molecule has 0 radical (unpaired) electrons. The van der Waals surface area contributed by atoms with Gasteiger partial charge in [-0.25, -0.2) is 5.84 Å². The minimum atomic E-state index is -1.30. The van der Waals surface area contributed by atoms with Gasteiger partial charge in [0.15, 0.2) is 0 Å². The van der Waals surface area contributed by atoms with Gasteiger partial charge in [0.05, 0.1) is 19.1 Å². The maximum atomic E-state index is 14.8. The molecule has 0 aliphatic carbocycles. The van der Waals surface area contributed by atoms with Crippen LogP contribution in [0.2, 0.25) is 0 Å². The van der Waals surface area contributed by atoms with Crippen molar-refractivity contribution >= 4 is 100 Å². The van der Waals surface area contributed by atoms with Crippen molar-refractivity contribution in [1.82, 2.24) is 90.5 Å². The van der Waals surface area contributed by atoms with Gasteiger partial charge in [-0.2, -0.15) is 0 Å². The molecule has 0 heterocycles. The first kappa shape index (κ1) is 127. The van der Waals surface area contributed by atoms with E-state index in [0.29, 0.717) is 129 Å². The third-order valence-corrected chi connectivity index (χ3v) is 22.4. The van der Waals surface area contributed by atoms with Crippen LogP contribution in [-0.4, -0.2) is 244 Å². The predicted octanol–water partition coefficient (Wildman–Crippen LogP) is -0.342. The Hall–Kier alpha value is -9.33. The molecule has 0 aliphatic rings. The standard InChI is InChI=1S/C94H181N25O17/c1-56(2)46-64(101)81(123)107-67(34-21-27-41-97)85(127)109-68(35-22-28-42-98)86(128)116-77(53-63(15)16)94(136)118-74(50-60(9)10)91(133)111-70(37-24-30-44-100)88(130)115-75(51-61(11)12)92(134)112-71(47-57(3)4)83(125)105-55-80(122)106-66(33-20-26-40-96)84(126)113-76(52-62(13)14)93(135)117-73(49-59(7)8)90(132)110-69(36-23-29-43-99)87(129)114-72(48-58(5)6)89(131)108-65(32-19-25-39-95)82(124)104-54-79(121)103-45-31-17-18-38-78(120)119-102/h56-77H,17-55,95-102H2,1-16H3,(H,103,121)(H,104,124)(H,105,125)(H,106,122)(H,107,123)(H,108,131)(H,109,127)(H,110,132)(H,111,133)(H,112,134)(H,113,126)(H,114,129)(H,115,130)(H,116,128)(H,117,135)(H,118,136)(H,119,120)/t64-,65-,66-,67-,68-,69-,70-,71-,72-,73-,74-,75-,76-,77-/m0/s1. The van der Waals surface area contributed by atoms with Gasteiger partial charge in [0.1, 0.15) is 78.5 Å². The van der Waals surface area contributed by atoms with E-state index in [2.05, 4.69) is 90.5 Å². The minimum absolute atomic E-state index is 0.0285. The van der Waals surface area contributed by atoms with E-state index in [-0.39, 0.29) is 163 Å². The molecule has 0 spiro atoms. The van der Waals surface area contributed by atoms with Crippen LogP contribution in [0.15, 0.2) is 0 Å². The molecular formula is C94H181N25O17. The van der Waals surface area contributed by atoms with Crippen LogP contribution in [0.1, 0.15) is 303 Å². The quantitative estimate of drug-likeness (QED) is 0.0160. The van der Waals surface area contributed by atoms with E-state index in [1.54, 1.807) is 13.8 Å². The van der Waals surface area contributed by atoms with Gasteiger partial charge in [-0.15, -0.1) is 0 Å². The number of nitrogens with one attached hydrogen (secondary N) is 17. The summed E-state index contributed by atoms with van der Waals surface area (Å²) in [6.45, 7) is 30.2. The number of amides is 17. The lowest BCUT2D eigenvalue weighted by atomic mass is 9.98. The number of carbonyl (C=O) groups is 17. The molecule has 42 heteroatoms. The second kappa shape index (κ2) is 72.9. The molecule has 0 saturated carbocycles. The molecule has 0 aliphatic heterocycles. The third-order valence-electron chi connectivity index (χ3n) is 22.4. The number of nitrogens with two attached hydrogens (primary N) is 8. The molecule has 0 saturated heterocycles. The Bertz CT molecular complexity index is 3580. The van der Waals surface area contributed by atoms with Crippen LogP contribution < -0.4 is 136 Å². The maximum absolute atomic E-state index is 14.8. The van der Waals surface area contributed by atoms with Gasteiger partial charge in [0, 0.05) is 13.0 Å². The molecule has 14 atom stereocenters. The number of rotatable bonds is 77. The molecule has 33 N–H and O–H groups in total. The van der Waals surface area contributed by atoms with Crippen molar-refractivity contribution < 1.29 is 81.5 Å². The van der Waals surface area contributed by atoms with Crippen LogP contribution in [0.4, 0.5) is 0 Å². The largest absolute Gasteiger partial charge is 0.355 e. The lowest BCUT2D eigenvalue weighted by molar-refractivity contribution is -0.136. The van der Waals surface area contributed by atoms with Gasteiger partial charge in [-0.05, 0) is 266 Å². The van der Waals surface area contributed by atoms with Crippen molar-refractivity contribution in [2.75, 3.05) is 58.9 Å². The van der Waals surface area contributed by atoms with Gasteiger partial charge >= 0.3 is 0 Å². The topological polar surface area (TPSA) is 703 Å². The first-order valence-corrected chi connectivity index (χ1v) is 49.9. The Morgan fingerprint density at radius 2 is 0.397 bits per heavy atom. The maximum Gasteiger partial charge on any atom is 0.243 e. The van der Waals surface area contributed by atoms with Crippen molar-refractivity contribution in [3.63, 3.8) is 0 Å². The number of unbranched alkanes of at least 4 members (excludes halogenated alkanes) is 8. The first-order valence-electron chi connectivity index (χ1n) is 49.9. The smallest absolute Gasteiger partial charge is 0.243 e. The molecule has 784 valence electrons. The molecule has 0 fully saturated rings. The van der Waals surface area contributed by atoms with Crippen LogP contribution in [0.25, 0.3) is 0 Å². The summed E-state index contributed by atoms with van der Waals surface area (Å²) in [4.78, 5) is 240. The average Bonchev–Trinajstić information content (AvgIpc) is 0.832. The Balaban J connectivity index is 7.07. The molecule has 136 heavy (non-hydrogen) atoms. The number of carbonyl (C=O) groups excluding carboxylic acids is 17. The van der Waals surface area contributed by atoms with Crippen LogP contribution in [0.5, 0.6) is 0 Å². The van der Waals surface area contributed by atoms with Crippen molar-refractivity contribution in [2.24, 2.45) is 93.3 Å². The Labute approximate surface area is 808 Å². The summed E-state index contributed by atoms with van der Waals surface area (Å²) in [7, 11) is 0. The zero-order chi connectivity index (χ0) is 103. The Kier molecular flexibility index (Phi) is 67.9. The van der Waals surface area contributed by atoms with E-state index in [9.17, 15) is 81.5 Å². The van der Waals surface area contributed by atoms with Crippen molar-refractivity contribution in [3.05, 3.63) is 0 Å². The van der Waals surface area contributed by atoms with E-state index >= 15 is 0 Å². The normalized spacial score (nSPS) is 14.6. The van der Waals surface area contributed by atoms with Crippen LogP contribution >= 0.6 is 0 Å². The summed E-state index contributed by atoms with van der Waals surface area (Å²) < 4.78 is 0. The molecule has 0 aromatic carbocycles. The van der Waals surface area contributed by atoms with Gasteiger partial charge < -0.3 is 125 Å². The monoisotopic (exact) mass is 1930 g/mol. The van der Waals surface area contributed by atoms with Gasteiger partial charge in [0.2, 0.25) is 100 Å².